The van der Waals surface area contributed by atoms with Crippen molar-refractivity contribution in [3.8, 4) is 5.69 Å². The Kier molecular flexibility index (Phi) is 4.68. The maximum absolute atomic E-state index is 12.1. The highest BCUT2D eigenvalue weighted by Crippen LogP contribution is 2.19. The Morgan fingerprint density at radius 1 is 1.05 bits per heavy atom. The number of anilines is 1. The fourth-order valence-electron chi connectivity index (χ4n) is 2.21. The summed E-state index contributed by atoms with van der Waals surface area (Å²) in [5, 5.41) is 8.15. The van der Waals surface area contributed by atoms with Gasteiger partial charge in [-0.1, -0.05) is 18.2 Å². The van der Waals surface area contributed by atoms with E-state index in [9.17, 15) is 4.79 Å². The van der Waals surface area contributed by atoms with Crippen molar-refractivity contribution in [1.82, 2.24) is 9.88 Å². The van der Waals surface area contributed by atoms with Crippen LogP contribution in [0.15, 0.2) is 66.3 Å². The molecule has 0 saturated carbocycles. The number of thiophene rings is 1. The van der Waals surface area contributed by atoms with Gasteiger partial charge in [-0.15, -0.1) is 11.3 Å². The van der Waals surface area contributed by atoms with Crippen molar-refractivity contribution in [3.63, 3.8) is 0 Å². The summed E-state index contributed by atoms with van der Waals surface area (Å²) in [7, 11) is 0. The number of hydrogen-bond acceptors (Lipinski definition) is 3. The molecule has 3 aromatic rings. The van der Waals surface area contributed by atoms with Gasteiger partial charge >= 0.3 is 0 Å². The summed E-state index contributed by atoms with van der Waals surface area (Å²) >= 11 is 1.68. The smallest absolute Gasteiger partial charge is 0.238 e. The van der Waals surface area contributed by atoms with E-state index in [2.05, 4.69) is 16.7 Å². The van der Waals surface area contributed by atoms with Crippen LogP contribution in [0.25, 0.3) is 5.69 Å². The maximum atomic E-state index is 12.1. The van der Waals surface area contributed by atoms with Crippen molar-refractivity contribution in [3.05, 3.63) is 71.2 Å². The van der Waals surface area contributed by atoms with Gasteiger partial charge in [0.2, 0.25) is 5.91 Å². The lowest BCUT2D eigenvalue weighted by atomic mass is 10.2. The molecule has 0 unspecified atom stereocenters. The topological polar surface area (TPSA) is 46.1 Å². The minimum Gasteiger partial charge on any atom is -0.323 e. The number of para-hydroxylation sites is 2. The van der Waals surface area contributed by atoms with Crippen molar-refractivity contribution >= 4 is 22.9 Å². The highest BCUT2D eigenvalue weighted by molar-refractivity contribution is 7.09. The number of rotatable bonds is 6. The Morgan fingerprint density at radius 3 is 2.64 bits per heavy atom. The first-order valence-corrected chi connectivity index (χ1v) is 7.96. The van der Waals surface area contributed by atoms with Crippen LogP contribution in [0.4, 0.5) is 5.69 Å². The zero-order valence-corrected chi connectivity index (χ0v) is 12.8. The van der Waals surface area contributed by atoms with Gasteiger partial charge in [0.05, 0.1) is 17.9 Å². The average molecular weight is 311 g/mol. The molecular weight excluding hydrogens is 294 g/mol. The number of carbonyl (C=O) groups is 1. The van der Waals surface area contributed by atoms with Gasteiger partial charge in [-0.25, -0.2) is 0 Å². The molecule has 0 aliphatic heterocycles. The third kappa shape index (κ3) is 3.63. The number of nitrogens with one attached hydrogen (secondary N) is 2. The molecule has 2 heterocycles. The van der Waals surface area contributed by atoms with Crippen LogP contribution in [0.5, 0.6) is 0 Å². The van der Waals surface area contributed by atoms with E-state index in [1.54, 1.807) is 11.3 Å². The average Bonchev–Trinajstić information content (AvgIpc) is 3.21. The van der Waals surface area contributed by atoms with Crippen LogP contribution in [-0.2, 0) is 11.3 Å². The number of nitrogens with zero attached hydrogens (tertiary/aromatic N) is 1. The maximum Gasteiger partial charge on any atom is 0.238 e. The Balaban J connectivity index is 1.60. The fourth-order valence-corrected chi connectivity index (χ4v) is 2.88. The highest BCUT2D eigenvalue weighted by atomic mass is 32.1. The molecule has 112 valence electrons. The minimum absolute atomic E-state index is 0.0452. The molecule has 1 amide bonds. The van der Waals surface area contributed by atoms with Gasteiger partial charge in [0.1, 0.15) is 0 Å². The zero-order chi connectivity index (χ0) is 15.2. The van der Waals surface area contributed by atoms with Crippen molar-refractivity contribution in [2.75, 3.05) is 11.9 Å². The van der Waals surface area contributed by atoms with E-state index in [4.69, 9.17) is 0 Å². The van der Waals surface area contributed by atoms with Gasteiger partial charge in [-0.05, 0) is 35.7 Å². The fraction of sp³-hybridized carbons (Fsp3) is 0.118. The molecule has 5 heteroatoms. The van der Waals surface area contributed by atoms with Crippen molar-refractivity contribution < 1.29 is 4.79 Å². The molecule has 4 nitrogen and oxygen atoms in total. The Hall–Kier alpha value is -2.37. The first-order valence-electron chi connectivity index (χ1n) is 7.08. The van der Waals surface area contributed by atoms with Gasteiger partial charge in [0.25, 0.3) is 0 Å². The molecular formula is C17H17N3OS. The molecule has 0 aliphatic carbocycles. The second-order valence-electron chi connectivity index (χ2n) is 4.84. The summed E-state index contributed by atoms with van der Waals surface area (Å²) in [5.41, 5.74) is 1.76. The number of benzene rings is 1. The van der Waals surface area contributed by atoms with E-state index >= 15 is 0 Å². The van der Waals surface area contributed by atoms with Gasteiger partial charge in [-0.3, -0.25) is 4.79 Å². The summed E-state index contributed by atoms with van der Waals surface area (Å²) < 4.78 is 1.98. The number of carbonyl (C=O) groups excluding carboxylic acids is 1. The predicted molar refractivity (Wildman–Crippen MR) is 90.4 cm³/mol. The molecule has 0 bridgehead atoms. The van der Waals surface area contributed by atoms with E-state index < -0.39 is 0 Å². The molecule has 0 atom stereocenters. The van der Waals surface area contributed by atoms with Crippen LogP contribution in [-0.4, -0.2) is 17.0 Å². The molecule has 0 radical (unpaired) electrons. The van der Waals surface area contributed by atoms with Crippen LogP contribution >= 0.6 is 11.3 Å². The first kappa shape index (κ1) is 14.6. The molecule has 2 aromatic heterocycles. The molecule has 1 aromatic carbocycles. The third-order valence-corrected chi connectivity index (χ3v) is 4.10. The van der Waals surface area contributed by atoms with Crippen molar-refractivity contribution in [1.29, 1.82) is 0 Å². The molecule has 0 saturated heterocycles. The van der Waals surface area contributed by atoms with Gasteiger partial charge in [0.15, 0.2) is 0 Å². The SMILES string of the molecule is O=C(CNCc1cccs1)Nc1ccccc1-n1cccc1. The van der Waals surface area contributed by atoms with E-state index in [0.29, 0.717) is 6.54 Å². The normalized spacial score (nSPS) is 10.5. The summed E-state index contributed by atoms with van der Waals surface area (Å²) in [5.74, 6) is -0.0452. The second-order valence-corrected chi connectivity index (χ2v) is 5.87. The molecule has 22 heavy (non-hydrogen) atoms. The van der Waals surface area contributed by atoms with E-state index in [-0.39, 0.29) is 12.5 Å². The standard InChI is InChI=1S/C17H17N3OS/c21-17(13-18-12-14-6-5-11-22-14)19-15-7-1-2-8-16(15)20-9-3-4-10-20/h1-11,18H,12-13H2,(H,19,21). The second kappa shape index (κ2) is 7.06. The van der Waals surface area contributed by atoms with E-state index in [0.717, 1.165) is 11.4 Å². The van der Waals surface area contributed by atoms with Gasteiger partial charge in [0, 0.05) is 23.8 Å². The summed E-state index contributed by atoms with van der Waals surface area (Å²) in [4.78, 5) is 13.3. The zero-order valence-electron chi connectivity index (χ0n) is 12.0. The van der Waals surface area contributed by atoms with Crippen LogP contribution in [0.1, 0.15) is 4.88 Å². The molecule has 0 aliphatic rings. The molecule has 3 rings (SSSR count). The highest BCUT2D eigenvalue weighted by Gasteiger charge is 2.07. The molecule has 2 N–H and O–H groups in total. The predicted octanol–water partition coefficient (Wildman–Crippen LogP) is 3.27. The first-order chi connectivity index (χ1) is 10.8. The summed E-state index contributed by atoms with van der Waals surface area (Å²) in [6.45, 7) is 1.00. The number of amides is 1. The number of hydrogen-bond donors (Lipinski definition) is 2. The lowest BCUT2D eigenvalue weighted by Crippen LogP contribution is -2.27. The Labute approximate surface area is 133 Å². The largest absolute Gasteiger partial charge is 0.323 e. The third-order valence-electron chi connectivity index (χ3n) is 3.23. The molecule has 0 fully saturated rings. The van der Waals surface area contributed by atoms with Crippen LogP contribution in [0.3, 0.4) is 0 Å². The van der Waals surface area contributed by atoms with Crippen LogP contribution in [0.2, 0.25) is 0 Å². The van der Waals surface area contributed by atoms with E-state index in [1.165, 1.54) is 4.88 Å². The summed E-state index contributed by atoms with van der Waals surface area (Å²) in [6, 6.07) is 15.7. The molecule has 0 spiro atoms. The van der Waals surface area contributed by atoms with Crippen LogP contribution in [0, 0.1) is 0 Å². The van der Waals surface area contributed by atoms with Crippen molar-refractivity contribution in [2.24, 2.45) is 0 Å². The lowest BCUT2D eigenvalue weighted by molar-refractivity contribution is -0.115. The van der Waals surface area contributed by atoms with Gasteiger partial charge < -0.3 is 15.2 Å². The Bertz CT molecular complexity index is 720. The lowest BCUT2D eigenvalue weighted by Gasteiger charge is -2.12. The van der Waals surface area contributed by atoms with Crippen LogP contribution < -0.4 is 10.6 Å². The summed E-state index contributed by atoms with van der Waals surface area (Å²) in [6.07, 6.45) is 3.92. The van der Waals surface area contributed by atoms with Crippen molar-refractivity contribution in [2.45, 2.75) is 6.54 Å². The minimum atomic E-state index is -0.0452. The monoisotopic (exact) mass is 311 g/mol. The Morgan fingerprint density at radius 2 is 1.86 bits per heavy atom. The van der Waals surface area contributed by atoms with E-state index in [1.807, 2.05) is 64.8 Å². The quantitative estimate of drug-likeness (QED) is 0.734. The van der Waals surface area contributed by atoms with Gasteiger partial charge in [-0.2, -0.15) is 0 Å². The number of aromatic nitrogens is 1.